The number of fused-ring (bicyclic) bond motifs is 1. The van der Waals surface area contributed by atoms with Crippen LogP contribution in [0.25, 0.3) is 11.1 Å². The topological polar surface area (TPSA) is 112 Å². The lowest BCUT2D eigenvalue weighted by atomic mass is 9.57. The molecule has 222 valence electrons. The number of halogens is 8. The minimum atomic E-state index is -4.79. The maximum Gasteiger partial charge on any atom is 0.422 e. The number of pyridine rings is 1. The zero-order valence-corrected chi connectivity index (χ0v) is 24.0. The number of ether oxygens (including phenoxy) is 1. The van der Waals surface area contributed by atoms with Gasteiger partial charge in [0.15, 0.2) is 10.3 Å². The molecule has 42 heavy (non-hydrogen) atoms. The Morgan fingerprint density at radius 1 is 1.12 bits per heavy atom. The predicted molar refractivity (Wildman–Crippen MR) is 151 cm³/mol. The van der Waals surface area contributed by atoms with Crippen LogP contribution in [0.2, 0.25) is 5.02 Å². The van der Waals surface area contributed by atoms with Gasteiger partial charge in [0.25, 0.3) is 5.91 Å². The van der Waals surface area contributed by atoms with Crippen molar-refractivity contribution in [2.75, 3.05) is 24.6 Å². The molecule has 17 heteroatoms. The first-order chi connectivity index (χ1) is 19.7. The summed E-state index contributed by atoms with van der Waals surface area (Å²) in [6, 6.07) is 7.59. The highest BCUT2D eigenvalue weighted by Gasteiger charge is 2.54. The number of benzene rings is 2. The van der Waals surface area contributed by atoms with E-state index in [1.165, 1.54) is 30.3 Å². The molecule has 0 radical (unpaired) electrons. The largest absolute Gasteiger partial charge is 0.482 e. The molecule has 0 saturated heterocycles. The van der Waals surface area contributed by atoms with E-state index in [0.29, 0.717) is 0 Å². The highest BCUT2D eigenvalue weighted by Crippen LogP contribution is 2.43. The van der Waals surface area contributed by atoms with Crippen LogP contribution in [0, 0.1) is 5.82 Å². The van der Waals surface area contributed by atoms with Gasteiger partial charge in [-0.25, -0.2) is 9.37 Å². The zero-order chi connectivity index (χ0) is 31.0. The lowest BCUT2D eigenvalue weighted by Gasteiger charge is -2.29. The average molecular weight is 669 g/mol. The minimum Gasteiger partial charge on any atom is -0.482 e. The van der Waals surface area contributed by atoms with E-state index in [9.17, 15) is 37.4 Å². The van der Waals surface area contributed by atoms with Gasteiger partial charge in [-0.3, -0.25) is 9.59 Å². The molecule has 0 bridgehead atoms. The molecule has 0 fully saturated rings. The summed E-state index contributed by atoms with van der Waals surface area (Å²) in [7, 11) is 0. The van der Waals surface area contributed by atoms with Gasteiger partial charge in [0.2, 0.25) is 5.91 Å². The molecule has 1 aromatic heterocycles. The monoisotopic (exact) mass is 667 g/mol. The molecule has 2 amide bonds. The van der Waals surface area contributed by atoms with Crippen LogP contribution in [0.5, 0.6) is 5.75 Å². The summed E-state index contributed by atoms with van der Waals surface area (Å²) in [5.74, 6) is -3.18. The molecule has 3 aromatic rings. The number of nitrogens with zero attached hydrogens (tertiary/aromatic N) is 2. The summed E-state index contributed by atoms with van der Waals surface area (Å²) in [5, 5.41) is 20.8. The van der Waals surface area contributed by atoms with Gasteiger partial charge in [0.05, 0.1) is 35.5 Å². The minimum absolute atomic E-state index is 0.00254. The molecule has 4 rings (SSSR count). The second-order valence-electron chi connectivity index (χ2n) is 8.99. The number of nitrogens with one attached hydrogen (secondary N) is 1. The first-order valence-corrected chi connectivity index (χ1v) is 13.4. The smallest absolute Gasteiger partial charge is 0.422 e. The van der Waals surface area contributed by atoms with Crippen molar-refractivity contribution in [1.82, 2.24) is 10.3 Å². The van der Waals surface area contributed by atoms with Gasteiger partial charge < -0.3 is 25.1 Å². The van der Waals surface area contributed by atoms with Crippen molar-refractivity contribution < 1.29 is 42.1 Å². The fourth-order valence-corrected chi connectivity index (χ4v) is 5.15. The van der Waals surface area contributed by atoms with E-state index in [1.807, 2.05) is 0 Å². The van der Waals surface area contributed by atoms with E-state index in [1.54, 1.807) is 0 Å². The first kappa shape index (κ1) is 32.1. The summed E-state index contributed by atoms with van der Waals surface area (Å²) in [5.41, 5.74) is -0.611. The number of aliphatic hydroxyl groups excluding tert-OH is 2. The van der Waals surface area contributed by atoms with Crippen LogP contribution < -0.4 is 20.3 Å². The van der Waals surface area contributed by atoms with Crippen molar-refractivity contribution in [3.63, 3.8) is 0 Å². The van der Waals surface area contributed by atoms with Crippen molar-refractivity contribution in [3.05, 3.63) is 70.8 Å². The second kappa shape index (κ2) is 12.4. The summed E-state index contributed by atoms with van der Waals surface area (Å²) < 4.78 is 57.2. The third-order valence-corrected chi connectivity index (χ3v) is 7.05. The molecule has 2 heterocycles. The standard InChI is InChI=1S/C25H18BCl4F4N3O5/c27-16-8-35-18(22(40)36-13(9-38)10-39)7-14(16)12-4-5-19(20(6-12)42-11-24(32,33)34)37-23(41)21-15(2-1-3-17(21)31)26(37)25(28,29)30/h1-8,13,38-39H,9-11H2,(H,36,40). The van der Waals surface area contributed by atoms with Gasteiger partial charge in [-0.05, 0) is 35.3 Å². The molecule has 8 nitrogen and oxygen atoms in total. The lowest BCUT2D eigenvalue weighted by molar-refractivity contribution is -0.153. The van der Waals surface area contributed by atoms with E-state index in [0.717, 1.165) is 23.1 Å². The van der Waals surface area contributed by atoms with E-state index in [4.69, 9.17) is 51.1 Å². The van der Waals surface area contributed by atoms with Crippen LogP contribution in [0.3, 0.4) is 0 Å². The number of aliphatic hydroxyl groups is 2. The number of anilines is 1. The number of rotatable bonds is 8. The van der Waals surface area contributed by atoms with Gasteiger partial charge in [-0.1, -0.05) is 64.6 Å². The molecule has 3 N–H and O–H groups in total. The molecular weight excluding hydrogens is 651 g/mol. The Kier molecular flexibility index (Phi) is 9.51. The van der Waals surface area contributed by atoms with Gasteiger partial charge in [0, 0.05) is 11.8 Å². The third-order valence-electron chi connectivity index (χ3n) is 6.13. The van der Waals surface area contributed by atoms with Gasteiger partial charge >= 0.3 is 13.0 Å². The van der Waals surface area contributed by atoms with Crippen molar-refractivity contribution >= 4 is 76.2 Å². The van der Waals surface area contributed by atoms with Crippen LogP contribution >= 0.6 is 46.4 Å². The first-order valence-electron chi connectivity index (χ1n) is 11.9. The number of hydrogen-bond donors (Lipinski definition) is 3. The Balaban J connectivity index is 1.83. The summed E-state index contributed by atoms with van der Waals surface area (Å²) in [6.07, 6.45) is -3.67. The normalized spacial score (nSPS) is 13.5. The molecule has 0 saturated carbocycles. The molecule has 0 unspecified atom stereocenters. The fraction of sp³-hybridized carbons (Fsp3) is 0.240. The molecule has 0 spiro atoms. The van der Waals surface area contributed by atoms with Crippen molar-refractivity contribution in [2.45, 2.75) is 15.9 Å². The van der Waals surface area contributed by atoms with E-state index in [-0.39, 0.29) is 33.0 Å². The van der Waals surface area contributed by atoms with Crippen LogP contribution in [0.15, 0.2) is 48.7 Å². The number of carbonyl (C=O) groups is 2. The molecule has 1 aliphatic rings. The maximum absolute atomic E-state index is 14.7. The summed E-state index contributed by atoms with van der Waals surface area (Å²) in [4.78, 5) is 30.8. The number of amides is 2. The van der Waals surface area contributed by atoms with Crippen LogP contribution in [-0.4, -0.2) is 69.6 Å². The van der Waals surface area contributed by atoms with Gasteiger partial charge in [-0.2, -0.15) is 13.2 Å². The Labute approximate surface area is 256 Å². The highest BCUT2D eigenvalue weighted by molar-refractivity contribution is 7.05. The summed E-state index contributed by atoms with van der Waals surface area (Å²) in [6.45, 7) is -4.32. The second-order valence-corrected chi connectivity index (χ2v) is 11.8. The average Bonchev–Trinajstić information content (AvgIpc) is 3.23. The number of carbonyl (C=O) groups excluding carboxylic acids is 2. The predicted octanol–water partition coefficient (Wildman–Crippen LogP) is 4.33. The highest BCUT2D eigenvalue weighted by atomic mass is 35.6. The van der Waals surface area contributed by atoms with Gasteiger partial charge in [-0.15, -0.1) is 0 Å². The number of aromatic nitrogens is 1. The Morgan fingerprint density at radius 2 is 1.81 bits per heavy atom. The number of alkyl halides is 6. The van der Waals surface area contributed by atoms with Crippen molar-refractivity contribution in [3.8, 4) is 16.9 Å². The van der Waals surface area contributed by atoms with Gasteiger partial charge in [0.1, 0.15) is 17.3 Å². The molecular formula is C25H18BCl4F4N3O5. The fourth-order valence-electron chi connectivity index (χ4n) is 4.29. The maximum atomic E-state index is 14.7. The molecule has 2 aromatic carbocycles. The molecule has 0 aliphatic carbocycles. The Hall–Kier alpha value is -2.81. The van der Waals surface area contributed by atoms with Crippen LogP contribution in [-0.2, 0) is 0 Å². The SMILES string of the molecule is O=C(NC(CO)CO)c1cc(-c2ccc(N3B(C(Cl)(Cl)Cl)c4cccc(F)c4C3=O)c(OCC(F)(F)F)c2)c(Cl)cn1. The van der Waals surface area contributed by atoms with Crippen molar-refractivity contribution in [1.29, 1.82) is 0 Å². The van der Waals surface area contributed by atoms with E-state index in [2.05, 4.69) is 10.3 Å². The molecule has 1 aliphatic heterocycles. The van der Waals surface area contributed by atoms with E-state index >= 15 is 0 Å². The summed E-state index contributed by atoms with van der Waals surface area (Å²) >= 11 is 24.8. The third kappa shape index (κ3) is 6.71. The Morgan fingerprint density at radius 3 is 2.43 bits per heavy atom. The van der Waals surface area contributed by atoms with E-state index < -0.39 is 71.5 Å². The lowest BCUT2D eigenvalue weighted by Crippen LogP contribution is -2.53. The quantitative estimate of drug-likeness (QED) is 0.187. The number of hydrogen-bond acceptors (Lipinski definition) is 6. The Bertz CT molecular complexity index is 1520. The zero-order valence-electron chi connectivity index (χ0n) is 20.9. The van der Waals surface area contributed by atoms with Crippen LogP contribution in [0.1, 0.15) is 20.8 Å². The van der Waals surface area contributed by atoms with Crippen molar-refractivity contribution in [2.24, 2.45) is 0 Å². The van der Waals surface area contributed by atoms with Crippen LogP contribution in [0.4, 0.5) is 23.2 Å². The molecule has 0 atom stereocenters.